The monoisotopic (exact) mass is 215 g/mol. The van der Waals surface area contributed by atoms with Gasteiger partial charge >= 0.3 is 0 Å². The minimum atomic E-state index is -0.0260. The molecule has 2 aliphatic rings. The molecular formula is C11H18ClNO. The maximum absolute atomic E-state index is 11.1. The second kappa shape index (κ2) is 4.09. The van der Waals surface area contributed by atoms with E-state index in [1.54, 1.807) is 0 Å². The molecule has 1 N–H and O–H groups in total. The van der Waals surface area contributed by atoms with Crippen molar-refractivity contribution >= 4 is 17.5 Å². The Hall–Kier alpha value is -0.240. The van der Waals surface area contributed by atoms with Crippen molar-refractivity contribution in [3.8, 4) is 0 Å². The molecule has 0 unspecified atom stereocenters. The van der Waals surface area contributed by atoms with Crippen molar-refractivity contribution in [3.05, 3.63) is 0 Å². The maximum Gasteiger partial charge on any atom is 0.235 e. The third-order valence-corrected chi connectivity index (χ3v) is 4.19. The van der Waals surface area contributed by atoms with Crippen LogP contribution in [0.1, 0.15) is 32.6 Å². The highest BCUT2D eigenvalue weighted by molar-refractivity contribution is 6.27. The molecule has 1 amide bonds. The van der Waals surface area contributed by atoms with E-state index in [0.29, 0.717) is 12.0 Å². The Balaban J connectivity index is 1.86. The van der Waals surface area contributed by atoms with Gasteiger partial charge in [-0.3, -0.25) is 4.79 Å². The highest BCUT2D eigenvalue weighted by Gasteiger charge is 2.41. The first kappa shape index (κ1) is 10.3. The standard InChI is InChI=1S/C11H18ClNO/c1-7(13-11(14)6-12)10-5-8-2-3-9(10)4-8/h7-10H,2-6H2,1H3,(H,13,14)/t7-,8-,9-,10+/m1/s1. The molecule has 0 aromatic carbocycles. The molecular weight excluding hydrogens is 198 g/mol. The van der Waals surface area contributed by atoms with Gasteiger partial charge in [-0.2, -0.15) is 0 Å². The van der Waals surface area contributed by atoms with Crippen molar-refractivity contribution in [2.45, 2.75) is 38.6 Å². The molecule has 0 aromatic rings. The molecule has 80 valence electrons. The summed E-state index contributed by atoms with van der Waals surface area (Å²) in [5.74, 6) is 2.58. The molecule has 0 radical (unpaired) electrons. The van der Waals surface area contributed by atoms with Crippen LogP contribution in [-0.4, -0.2) is 17.8 Å². The third-order valence-electron chi connectivity index (χ3n) is 3.95. The van der Waals surface area contributed by atoms with E-state index < -0.39 is 0 Å². The number of amides is 1. The van der Waals surface area contributed by atoms with Gasteiger partial charge in [0, 0.05) is 6.04 Å². The van der Waals surface area contributed by atoms with Crippen LogP contribution in [-0.2, 0) is 4.79 Å². The fourth-order valence-corrected chi connectivity index (χ4v) is 3.38. The van der Waals surface area contributed by atoms with Crippen LogP contribution >= 0.6 is 11.6 Å². The van der Waals surface area contributed by atoms with Crippen LogP contribution in [0, 0.1) is 17.8 Å². The van der Waals surface area contributed by atoms with E-state index in [9.17, 15) is 4.79 Å². The summed E-state index contributed by atoms with van der Waals surface area (Å²) < 4.78 is 0. The summed E-state index contributed by atoms with van der Waals surface area (Å²) in [6, 6.07) is 0.316. The van der Waals surface area contributed by atoms with Gasteiger partial charge < -0.3 is 5.32 Å². The van der Waals surface area contributed by atoms with Crippen LogP contribution < -0.4 is 5.32 Å². The van der Waals surface area contributed by atoms with Crippen LogP contribution in [0.5, 0.6) is 0 Å². The summed E-state index contributed by atoms with van der Waals surface area (Å²) in [5.41, 5.74) is 0. The second-order valence-electron chi connectivity index (χ2n) is 4.83. The van der Waals surface area contributed by atoms with E-state index in [1.165, 1.54) is 25.7 Å². The van der Waals surface area contributed by atoms with Crippen LogP contribution in [0.3, 0.4) is 0 Å². The number of nitrogens with one attached hydrogen (secondary N) is 1. The van der Waals surface area contributed by atoms with E-state index in [1.807, 2.05) is 0 Å². The number of carbonyl (C=O) groups is 1. The lowest BCUT2D eigenvalue weighted by Gasteiger charge is -2.28. The largest absolute Gasteiger partial charge is 0.352 e. The average Bonchev–Trinajstić information content (AvgIpc) is 2.78. The average molecular weight is 216 g/mol. The molecule has 14 heavy (non-hydrogen) atoms. The van der Waals surface area contributed by atoms with Crippen LogP contribution in [0.2, 0.25) is 0 Å². The van der Waals surface area contributed by atoms with Crippen molar-refractivity contribution in [3.63, 3.8) is 0 Å². The topological polar surface area (TPSA) is 29.1 Å². The van der Waals surface area contributed by atoms with E-state index >= 15 is 0 Å². The number of hydrogen-bond donors (Lipinski definition) is 1. The number of halogens is 1. The zero-order valence-electron chi connectivity index (χ0n) is 8.63. The quantitative estimate of drug-likeness (QED) is 0.719. The molecule has 2 bridgehead atoms. The second-order valence-corrected chi connectivity index (χ2v) is 5.10. The molecule has 2 nitrogen and oxygen atoms in total. The lowest BCUT2D eigenvalue weighted by atomic mass is 9.84. The summed E-state index contributed by atoms with van der Waals surface area (Å²) in [6.07, 6.45) is 5.49. The molecule has 2 rings (SSSR count). The highest BCUT2D eigenvalue weighted by Crippen LogP contribution is 2.49. The first-order valence-electron chi connectivity index (χ1n) is 5.56. The van der Waals surface area contributed by atoms with E-state index in [-0.39, 0.29) is 11.8 Å². The molecule has 0 saturated heterocycles. The van der Waals surface area contributed by atoms with E-state index in [4.69, 9.17) is 11.6 Å². The summed E-state index contributed by atoms with van der Waals surface area (Å²) in [5, 5.41) is 2.99. The highest BCUT2D eigenvalue weighted by atomic mass is 35.5. The number of rotatable bonds is 3. The van der Waals surface area contributed by atoms with Gasteiger partial charge in [-0.05, 0) is 43.9 Å². The first-order chi connectivity index (χ1) is 6.70. The first-order valence-corrected chi connectivity index (χ1v) is 6.09. The van der Waals surface area contributed by atoms with Crippen molar-refractivity contribution in [2.24, 2.45) is 17.8 Å². The lowest BCUT2D eigenvalue weighted by Crippen LogP contribution is -2.40. The minimum Gasteiger partial charge on any atom is -0.352 e. The Morgan fingerprint density at radius 1 is 1.50 bits per heavy atom. The fraction of sp³-hybridized carbons (Fsp3) is 0.909. The Morgan fingerprint density at radius 2 is 2.29 bits per heavy atom. The summed E-state index contributed by atoms with van der Waals surface area (Å²) in [6.45, 7) is 2.12. The molecule has 0 aliphatic heterocycles. The van der Waals surface area contributed by atoms with E-state index in [0.717, 1.165) is 11.8 Å². The Morgan fingerprint density at radius 3 is 2.79 bits per heavy atom. The predicted molar refractivity (Wildman–Crippen MR) is 57.3 cm³/mol. The van der Waals surface area contributed by atoms with Gasteiger partial charge in [-0.1, -0.05) is 6.42 Å². The molecule has 0 spiro atoms. The number of fused-ring (bicyclic) bond motifs is 2. The van der Waals surface area contributed by atoms with Crippen molar-refractivity contribution < 1.29 is 4.79 Å². The smallest absolute Gasteiger partial charge is 0.235 e. The molecule has 0 aromatic heterocycles. The normalized spacial score (nSPS) is 37.1. The van der Waals surface area contributed by atoms with Gasteiger partial charge in [0.05, 0.1) is 0 Å². The number of alkyl halides is 1. The SMILES string of the molecule is C[C@@H](NC(=O)CCl)[C@@H]1C[C@@H]2CC[C@@H]1C2. The van der Waals surface area contributed by atoms with Gasteiger partial charge in [0.1, 0.15) is 5.88 Å². The fourth-order valence-electron chi connectivity index (χ4n) is 3.31. The van der Waals surface area contributed by atoms with Crippen LogP contribution in [0.25, 0.3) is 0 Å². The van der Waals surface area contributed by atoms with Crippen molar-refractivity contribution in [2.75, 3.05) is 5.88 Å². The molecule has 0 heterocycles. The van der Waals surface area contributed by atoms with Crippen LogP contribution in [0.4, 0.5) is 0 Å². The van der Waals surface area contributed by atoms with Crippen molar-refractivity contribution in [1.29, 1.82) is 0 Å². The molecule has 2 fully saturated rings. The molecule has 2 aliphatic carbocycles. The van der Waals surface area contributed by atoms with Gasteiger partial charge in [0.2, 0.25) is 5.91 Å². The zero-order valence-corrected chi connectivity index (χ0v) is 9.39. The molecule has 2 saturated carbocycles. The van der Waals surface area contributed by atoms with Gasteiger partial charge in [0.25, 0.3) is 0 Å². The number of carbonyl (C=O) groups excluding carboxylic acids is 1. The zero-order chi connectivity index (χ0) is 10.1. The lowest BCUT2D eigenvalue weighted by molar-refractivity contribution is -0.119. The predicted octanol–water partition coefficient (Wildman–Crippen LogP) is 2.17. The Labute approximate surface area is 90.4 Å². The minimum absolute atomic E-state index is 0.0260. The molecule has 4 atom stereocenters. The van der Waals surface area contributed by atoms with Gasteiger partial charge in [-0.15, -0.1) is 11.6 Å². The van der Waals surface area contributed by atoms with E-state index in [2.05, 4.69) is 12.2 Å². The summed E-state index contributed by atoms with van der Waals surface area (Å²) >= 11 is 5.47. The Kier molecular flexibility index (Phi) is 3.01. The maximum atomic E-state index is 11.1. The van der Waals surface area contributed by atoms with Gasteiger partial charge in [0.15, 0.2) is 0 Å². The van der Waals surface area contributed by atoms with Crippen LogP contribution in [0.15, 0.2) is 0 Å². The summed E-state index contributed by atoms with van der Waals surface area (Å²) in [7, 11) is 0. The van der Waals surface area contributed by atoms with Crippen molar-refractivity contribution in [1.82, 2.24) is 5.32 Å². The van der Waals surface area contributed by atoms with Gasteiger partial charge in [-0.25, -0.2) is 0 Å². The Bertz CT molecular complexity index is 231. The molecule has 3 heteroatoms. The third kappa shape index (κ3) is 1.90. The summed E-state index contributed by atoms with van der Waals surface area (Å²) in [4.78, 5) is 11.1. The number of hydrogen-bond acceptors (Lipinski definition) is 1.